The van der Waals surface area contributed by atoms with Crippen molar-refractivity contribution in [2.24, 2.45) is 0 Å². The molecule has 1 N–H and O–H groups in total. The monoisotopic (exact) mass is 262 g/mol. The Morgan fingerprint density at radius 3 is 2.37 bits per heavy atom. The average Bonchev–Trinajstić information content (AvgIpc) is 2.46. The molecule has 0 saturated carbocycles. The highest BCUT2D eigenvalue weighted by molar-refractivity contribution is 5.93. The van der Waals surface area contributed by atoms with Crippen molar-refractivity contribution in [1.29, 1.82) is 0 Å². The van der Waals surface area contributed by atoms with E-state index in [9.17, 15) is 4.79 Å². The summed E-state index contributed by atoms with van der Waals surface area (Å²) in [5.41, 5.74) is 1.02. The third-order valence-corrected chi connectivity index (χ3v) is 3.30. The third kappa shape index (κ3) is 5.71. The highest BCUT2D eigenvalue weighted by Crippen LogP contribution is 2.12. The van der Waals surface area contributed by atoms with E-state index in [-0.39, 0.29) is 5.78 Å². The van der Waals surface area contributed by atoms with E-state index < -0.39 is 0 Å². The molecule has 0 aliphatic carbocycles. The van der Waals surface area contributed by atoms with Gasteiger partial charge in [-0.3, -0.25) is 4.79 Å². The van der Waals surface area contributed by atoms with Gasteiger partial charge in [-0.05, 0) is 37.6 Å². The molecular formula is C16H24NO2+. The van der Waals surface area contributed by atoms with E-state index in [0.717, 1.165) is 30.9 Å². The molecule has 1 rings (SSSR count). The van der Waals surface area contributed by atoms with Crippen molar-refractivity contribution in [3.05, 3.63) is 35.9 Å². The third-order valence-electron chi connectivity index (χ3n) is 3.30. The molecule has 0 spiro atoms. The van der Waals surface area contributed by atoms with Gasteiger partial charge in [-0.15, -0.1) is 0 Å². The van der Waals surface area contributed by atoms with Crippen LogP contribution in [0.25, 0.3) is 6.08 Å². The number of hydrogen-bond acceptors (Lipinski definition) is 2. The molecule has 104 valence electrons. The molecule has 0 heterocycles. The molecule has 1 aromatic carbocycles. The highest BCUT2D eigenvalue weighted by atomic mass is 16.5. The van der Waals surface area contributed by atoms with Crippen LogP contribution in [0.5, 0.6) is 5.75 Å². The van der Waals surface area contributed by atoms with Crippen LogP contribution in [0, 0.1) is 0 Å². The second-order valence-corrected chi connectivity index (χ2v) is 4.53. The zero-order valence-electron chi connectivity index (χ0n) is 12.1. The number of rotatable bonds is 8. The largest absolute Gasteiger partial charge is 0.497 e. The Labute approximate surface area is 115 Å². The van der Waals surface area contributed by atoms with Crippen LogP contribution in [-0.4, -0.2) is 32.5 Å². The number of ketones is 1. The number of benzene rings is 1. The van der Waals surface area contributed by atoms with Gasteiger partial charge in [0.2, 0.25) is 0 Å². The van der Waals surface area contributed by atoms with Crippen LogP contribution in [0.2, 0.25) is 0 Å². The summed E-state index contributed by atoms with van der Waals surface area (Å²) in [5, 5.41) is 0. The maximum atomic E-state index is 11.8. The van der Waals surface area contributed by atoms with Crippen molar-refractivity contribution >= 4 is 11.9 Å². The molecule has 0 radical (unpaired) electrons. The van der Waals surface area contributed by atoms with Crippen LogP contribution < -0.4 is 9.64 Å². The van der Waals surface area contributed by atoms with Crippen LogP contribution >= 0.6 is 0 Å². The van der Waals surface area contributed by atoms with Crippen molar-refractivity contribution in [2.45, 2.75) is 20.3 Å². The second kappa shape index (κ2) is 8.48. The van der Waals surface area contributed by atoms with Crippen LogP contribution in [0.3, 0.4) is 0 Å². The summed E-state index contributed by atoms with van der Waals surface area (Å²) < 4.78 is 5.09. The quantitative estimate of drug-likeness (QED) is 0.721. The molecule has 3 nitrogen and oxygen atoms in total. The smallest absolute Gasteiger partial charge is 0.161 e. The number of hydrogen-bond donors (Lipinski definition) is 1. The number of quaternary nitrogens is 1. The normalized spacial score (nSPS) is 11.2. The van der Waals surface area contributed by atoms with Crippen LogP contribution in [0.1, 0.15) is 25.8 Å². The summed E-state index contributed by atoms with van der Waals surface area (Å²) in [4.78, 5) is 13.2. The van der Waals surface area contributed by atoms with Gasteiger partial charge in [0.05, 0.1) is 33.2 Å². The first kappa shape index (κ1) is 15.4. The van der Waals surface area contributed by atoms with E-state index in [4.69, 9.17) is 4.74 Å². The lowest BCUT2D eigenvalue weighted by molar-refractivity contribution is -0.895. The molecule has 0 aliphatic heterocycles. The Hall–Kier alpha value is -1.61. The predicted molar refractivity (Wildman–Crippen MR) is 78.6 cm³/mol. The zero-order chi connectivity index (χ0) is 14.1. The van der Waals surface area contributed by atoms with Gasteiger partial charge in [0.1, 0.15) is 5.75 Å². The van der Waals surface area contributed by atoms with Gasteiger partial charge in [-0.25, -0.2) is 0 Å². The number of carbonyl (C=O) groups is 1. The summed E-state index contributed by atoms with van der Waals surface area (Å²) in [7, 11) is 1.64. The summed E-state index contributed by atoms with van der Waals surface area (Å²) >= 11 is 0. The van der Waals surface area contributed by atoms with Gasteiger partial charge in [-0.1, -0.05) is 18.2 Å². The Kier molecular flexibility index (Phi) is 6.90. The van der Waals surface area contributed by atoms with Crippen LogP contribution in [-0.2, 0) is 4.79 Å². The molecule has 0 saturated heterocycles. The number of nitrogens with one attached hydrogen (secondary N) is 1. The van der Waals surface area contributed by atoms with E-state index in [2.05, 4.69) is 13.8 Å². The SMILES string of the molecule is CC[NH+](CC)CCC(=O)/C=C/c1ccc(OC)cc1. The maximum absolute atomic E-state index is 11.8. The average molecular weight is 262 g/mol. The zero-order valence-corrected chi connectivity index (χ0v) is 12.1. The molecule has 0 unspecified atom stereocenters. The molecule has 0 aliphatic rings. The van der Waals surface area contributed by atoms with Gasteiger partial charge in [0, 0.05) is 0 Å². The number of ether oxygens (including phenoxy) is 1. The lowest BCUT2D eigenvalue weighted by Gasteiger charge is -2.13. The summed E-state index contributed by atoms with van der Waals surface area (Å²) in [6, 6.07) is 7.67. The molecule has 1 aromatic rings. The van der Waals surface area contributed by atoms with E-state index in [1.54, 1.807) is 13.2 Å². The summed E-state index contributed by atoms with van der Waals surface area (Å²) in [6.07, 6.45) is 4.15. The molecule has 0 amide bonds. The minimum atomic E-state index is 0.190. The fraction of sp³-hybridized carbons (Fsp3) is 0.438. The summed E-state index contributed by atoms with van der Waals surface area (Å²) in [5.74, 6) is 1.02. The molecule has 0 atom stereocenters. The Morgan fingerprint density at radius 1 is 1.21 bits per heavy atom. The molecule has 3 heteroatoms. The van der Waals surface area contributed by atoms with Crippen molar-refractivity contribution in [2.75, 3.05) is 26.7 Å². The van der Waals surface area contributed by atoms with E-state index in [1.165, 1.54) is 4.90 Å². The molecule has 0 aromatic heterocycles. The van der Waals surface area contributed by atoms with Gasteiger partial charge in [0.25, 0.3) is 0 Å². The van der Waals surface area contributed by atoms with E-state index in [1.807, 2.05) is 30.3 Å². The lowest BCUT2D eigenvalue weighted by atomic mass is 10.1. The van der Waals surface area contributed by atoms with Gasteiger partial charge >= 0.3 is 0 Å². The van der Waals surface area contributed by atoms with Gasteiger partial charge < -0.3 is 9.64 Å². The number of allylic oxidation sites excluding steroid dienone is 1. The minimum Gasteiger partial charge on any atom is -0.497 e. The van der Waals surface area contributed by atoms with E-state index >= 15 is 0 Å². The standard InChI is InChI=1S/C16H23NO2/c1-4-17(5-2)13-12-15(18)9-6-14-7-10-16(19-3)11-8-14/h6-11H,4-5,12-13H2,1-3H3/p+1/b9-6+. The molecule has 19 heavy (non-hydrogen) atoms. The molecule has 0 bridgehead atoms. The fourth-order valence-corrected chi connectivity index (χ4v) is 1.89. The molecular weight excluding hydrogens is 238 g/mol. The van der Waals surface area contributed by atoms with Crippen molar-refractivity contribution < 1.29 is 14.4 Å². The summed E-state index contributed by atoms with van der Waals surface area (Å²) in [6.45, 7) is 7.36. The lowest BCUT2D eigenvalue weighted by Crippen LogP contribution is -3.11. The topological polar surface area (TPSA) is 30.7 Å². The first-order valence-corrected chi connectivity index (χ1v) is 6.88. The fourth-order valence-electron chi connectivity index (χ4n) is 1.89. The van der Waals surface area contributed by atoms with Gasteiger partial charge in [-0.2, -0.15) is 0 Å². The Morgan fingerprint density at radius 2 is 1.84 bits per heavy atom. The number of methoxy groups -OCH3 is 1. The first-order valence-electron chi connectivity index (χ1n) is 6.88. The van der Waals surface area contributed by atoms with Crippen LogP contribution in [0.15, 0.2) is 30.3 Å². The predicted octanol–water partition coefficient (Wildman–Crippen LogP) is 1.59. The van der Waals surface area contributed by atoms with Gasteiger partial charge in [0.15, 0.2) is 5.78 Å². The second-order valence-electron chi connectivity index (χ2n) is 4.53. The molecule has 0 fully saturated rings. The minimum absolute atomic E-state index is 0.190. The first-order chi connectivity index (χ1) is 9.19. The number of carbonyl (C=O) groups excluding carboxylic acids is 1. The Balaban J connectivity index is 2.44. The maximum Gasteiger partial charge on any atom is 0.161 e. The Bertz CT molecular complexity index is 405. The highest BCUT2D eigenvalue weighted by Gasteiger charge is 2.05. The van der Waals surface area contributed by atoms with E-state index in [0.29, 0.717) is 6.42 Å². The van der Waals surface area contributed by atoms with Crippen molar-refractivity contribution in [3.8, 4) is 5.75 Å². The van der Waals surface area contributed by atoms with Crippen molar-refractivity contribution in [1.82, 2.24) is 0 Å². The van der Waals surface area contributed by atoms with Crippen LogP contribution in [0.4, 0.5) is 0 Å². The van der Waals surface area contributed by atoms with Crippen molar-refractivity contribution in [3.63, 3.8) is 0 Å².